The molecule has 0 spiro atoms. The van der Waals surface area contributed by atoms with Crippen molar-refractivity contribution in [2.75, 3.05) is 6.61 Å². The minimum absolute atomic E-state index is 0.233. The summed E-state index contributed by atoms with van der Waals surface area (Å²) in [7, 11) is 0. The van der Waals surface area contributed by atoms with Gasteiger partial charge in [0.2, 0.25) is 0 Å². The number of carbonyl (C=O) groups excluding carboxylic acids is 2. The standard InChI is InChI=1S/C15H14ClNO4/c1-10(11-3-2-4-13(16)7-11)17-14(18)9-21-15(19)12-5-6-20-8-12/h2-8,10H,9H2,1H3,(H,17,18). The van der Waals surface area contributed by atoms with Gasteiger partial charge in [-0.05, 0) is 30.7 Å². The summed E-state index contributed by atoms with van der Waals surface area (Å²) in [5.41, 5.74) is 1.14. The molecule has 2 rings (SSSR count). The molecule has 1 heterocycles. The van der Waals surface area contributed by atoms with Crippen LogP contribution in [-0.2, 0) is 9.53 Å². The van der Waals surface area contributed by atoms with Crippen molar-refractivity contribution in [1.82, 2.24) is 5.32 Å². The first-order chi connectivity index (χ1) is 10.1. The first-order valence-corrected chi connectivity index (χ1v) is 6.68. The Bertz CT molecular complexity index is 624. The van der Waals surface area contributed by atoms with Crippen molar-refractivity contribution >= 4 is 23.5 Å². The second kappa shape index (κ2) is 6.95. The van der Waals surface area contributed by atoms with Crippen molar-refractivity contribution in [2.45, 2.75) is 13.0 Å². The van der Waals surface area contributed by atoms with Gasteiger partial charge in [-0.3, -0.25) is 4.79 Å². The number of nitrogens with one attached hydrogen (secondary N) is 1. The molecule has 0 aliphatic rings. The van der Waals surface area contributed by atoms with Crippen LogP contribution >= 0.6 is 11.6 Å². The molecule has 1 N–H and O–H groups in total. The minimum Gasteiger partial charge on any atom is -0.472 e. The Morgan fingerprint density at radius 3 is 2.86 bits per heavy atom. The van der Waals surface area contributed by atoms with E-state index in [1.165, 1.54) is 18.6 Å². The molecule has 1 atom stereocenters. The van der Waals surface area contributed by atoms with Crippen LogP contribution < -0.4 is 5.32 Å². The molecule has 1 aromatic heterocycles. The van der Waals surface area contributed by atoms with E-state index < -0.39 is 5.97 Å². The topological polar surface area (TPSA) is 68.5 Å². The molecule has 21 heavy (non-hydrogen) atoms. The van der Waals surface area contributed by atoms with Crippen molar-refractivity contribution < 1.29 is 18.7 Å². The molecule has 0 radical (unpaired) electrons. The summed E-state index contributed by atoms with van der Waals surface area (Å²) in [6, 6.07) is 8.42. The number of esters is 1. The summed E-state index contributed by atoms with van der Waals surface area (Å²) in [4.78, 5) is 23.3. The second-order valence-corrected chi connectivity index (χ2v) is 4.87. The zero-order valence-corrected chi connectivity index (χ0v) is 12.1. The van der Waals surface area contributed by atoms with Crippen LogP contribution in [0.1, 0.15) is 28.9 Å². The molecule has 1 aromatic carbocycles. The summed E-state index contributed by atoms with van der Waals surface area (Å²) >= 11 is 5.89. The van der Waals surface area contributed by atoms with Crippen LogP contribution in [0.15, 0.2) is 47.3 Å². The van der Waals surface area contributed by atoms with E-state index in [1.54, 1.807) is 18.2 Å². The largest absolute Gasteiger partial charge is 0.472 e. The van der Waals surface area contributed by atoms with Gasteiger partial charge in [0.1, 0.15) is 6.26 Å². The Morgan fingerprint density at radius 1 is 1.38 bits per heavy atom. The van der Waals surface area contributed by atoms with E-state index in [-0.39, 0.29) is 24.1 Å². The average molecular weight is 308 g/mol. The highest BCUT2D eigenvalue weighted by atomic mass is 35.5. The molecule has 0 bridgehead atoms. The van der Waals surface area contributed by atoms with Crippen molar-refractivity contribution in [3.8, 4) is 0 Å². The molecule has 110 valence electrons. The lowest BCUT2D eigenvalue weighted by Crippen LogP contribution is -2.31. The summed E-state index contributed by atoms with van der Waals surface area (Å²) in [5.74, 6) is -0.992. The molecule has 1 amide bonds. The van der Waals surface area contributed by atoms with E-state index in [4.69, 9.17) is 20.8 Å². The van der Waals surface area contributed by atoms with Gasteiger partial charge < -0.3 is 14.5 Å². The quantitative estimate of drug-likeness (QED) is 0.862. The van der Waals surface area contributed by atoms with Gasteiger partial charge in [0, 0.05) is 5.02 Å². The number of furan rings is 1. The smallest absolute Gasteiger partial charge is 0.341 e. The van der Waals surface area contributed by atoms with E-state index in [9.17, 15) is 9.59 Å². The minimum atomic E-state index is -0.602. The van der Waals surface area contributed by atoms with Gasteiger partial charge in [0.05, 0.1) is 17.9 Å². The first-order valence-electron chi connectivity index (χ1n) is 6.30. The van der Waals surface area contributed by atoms with Crippen molar-refractivity contribution in [2.24, 2.45) is 0 Å². The fourth-order valence-electron chi connectivity index (χ4n) is 1.74. The third-order valence-electron chi connectivity index (χ3n) is 2.82. The Balaban J connectivity index is 1.83. The van der Waals surface area contributed by atoms with Gasteiger partial charge in [-0.2, -0.15) is 0 Å². The number of rotatable bonds is 5. The summed E-state index contributed by atoms with van der Waals surface area (Å²) in [5, 5.41) is 3.32. The molecule has 6 heteroatoms. The van der Waals surface area contributed by atoms with Gasteiger partial charge >= 0.3 is 5.97 Å². The monoisotopic (exact) mass is 307 g/mol. The van der Waals surface area contributed by atoms with Crippen LogP contribution in [0.25, 0.3) is 0 Å². The number of hydrogen-bond acceptors (Lipinski definition) is 4. The molecule has 0 aliphatic carbocycles. The van der Waals surface area contributed by atoms with Gasteiger partial charge in [0.15, 0.2) is 6.61 Å². The summed E-state index contributed by atoms with van der Waals surface area (Å²) < 4.78 is 9.63. The molecule has 2 aromatic rings. The van der Waals surface area contributed by atoms with Gasteiger partial charge in [0.25, 0.3) is 5.91 Å². The van der Waals surface area contributed by atoms with Crippen molar-refractivity contribution in [3.05, 3.63) is 59.0 Å². The zero-order valence-electron chi connectivity index (χ0n) is 11.3. The Labute approximate surface area is 126 Å². The number of carbonyl (C=O) groups is 2. The Kier molecular flexibility index (Phi) is 5.00. The summed E-state index contributed by atoms with van der Waals surface area (Å²) in [6.45, 7) is 1.47. The summed E-state index contributed by atoms with van der Waals surface area (Å²) in [6.07, 6.45) is 2.62. The Morgan fingerprint density at radius 2 is 2.19 bits per heavy atom. The number of halogens is 1. The number of amides is 1. The van der Waals surface area contributed by atoms with E-state index in [2.05, 4.69) is 5.32 Å². The molecule has 0 aliphatic heterocycles. The van der Waals surface area contributed by atoms with Crippen LogP contribution in [-0.4, -0.2) is 18.5 Å². The van der Waals surface area contributed by atoms with E-state index in [0.717, 1.165) is 5.56 Å². The maximum absolute atomic E-state index is 11.7. The predicted molar refractivity (Wildman–Crippen MR) is 77.0 cm³/mol. The maximum Gasteiger partial charge on any atom is 0.341 e. The number of hydrogen-bond donors (Lipinski definition) is 1. The third-order valence-corrected chi connectivity index (χ3v) is 3.05. The lowest BCUT2D eigenvalue weighted by molar-refractivity contribution is -0.124. The molecule has 0 fully saturated rings. The van der Waals surface area contributed by atoms with Crippen LogP contribution in [0.3, 0.4) is 0 Å². The molecule has 5 nitrogen and oxygen atoms in total. The molecular formula is C15H14ClNO4. The van der Waals surface area contributed by atoms with Crippen molar-refractivity contribution in [3.63, 3.8) is 0 Å². The molecule has 1 unspecified atom stereocenters. The fraction of sp³-hybridized carbons (Fsp3) is 0.200. The average Bonchev–Trinajstić information content (AvgIpc) is 2.99. The van der Waals surface area contributed by atoms with Crippen LogP contribution in [0.5, 0.6) is 0 Å². The highest BCUT2D eigenvalue weighted by Gasteiger charge is 2.13. The molecular weight excluding hydrogens is 294 g/mol. The number of benzene rings is 1. The highest BCUT2D eigenvalue weighted by Crippen LogP contribution is 2.17. The molecule has 0 saturated carbocycles. The number of ether oxygens (including phenoxy) is 1. The van der Waals surface area contributed by atoms with Crippen LogP contribution in [0.2, 0.25) is 5.02 Å². The van der Waals surface area contributed by atoms with Crippen LogP contribution in [0, 0.1) is 0 Å². The third kappa shape index (κ3) is 4.36. The van der Waals surface area contributed by atoms with Gasteiger partial charge in [-0.25, -0.2) is 4.79 Å². The van der Waals surface area contributed by atoms with E-state index in [1.807, 2.05) is 13.0 Å². The highest BCUT2D eigenvalue weighted by molar-refractivity contribution is 6.30. The first kappa shape index (κ1) is 15.1. The lowest BCUT2D eigenvalue weighted by atomic mass is 10.1. The van der Waals surface area contributed by atoms with Gasteiger partial charge in [-0.15, -0.1) is 0 Å². The van der Waals surface area contributed by atoms with E-state index >= 15 is 0 Å². The zero-order chi connectivity index (χ0) is 15.2. The SMILES string of the molecule is CC(NC(=O)COC(=O)c1ccoc1)c1cccc(Cl)c1. The van der Waals surface area contributed by atoms with Crippen LogP contribution in [0.4, 0.5) is 0 Å². The Hall–Kier alpha value is -2.27. The fourth-order valence-corrected chi connectivity index (χ4v) is 1.94. The van der Waals surface area contributed by atoms with Crippen molar-refractivity contribution in [1.29, 1.82) is 0 Å². The molecule has 0 saturated heterocycles. The predicted octanol–water partition coefficient (Wildman–Crippen LogP) is 2.97. The normalized spacial score (nSPS) is 11.7. The second-order valence-electron chi connectivity index (χ2n) is 4.43. The van der Waals surface area contributed by atoms with E-state index in [0.29, 0.717) is 5.02 Å². The maximum atomic E-state index is 11.7. The lowest BCUT2D eigenvalue weighted by Gasteiger charge is -2.14. The van der Waals surface area contributed by atoms with Gasteiger partial charge in [-0.1, -0.05) is 23.7 Å².